The van der Waals surface area contributed by atoms with E-state index in [1.165, 1.54) is 77.0 Å². The Bertz CT molecular complexity index is 593. The van der Waals surface area contributed by atoms with Crippen molar-refractivity contribution in [1.82, 2.24) is 5.32 Å². The SMILES string of the molecule is CCCCCCCCCCCCCCCCCC(=O)NCC(O)C(O)C(=O)OC.O=P(O)(O)OCCBr. The van der Waals surface area contributed by atoms with Crippen molar-refractivity contribution in [2.75, 3.05) is 25.6 Å². The van der Waals surface area contributed by atoms with Gasteiger partial charge in [-0.25, -0.2) is 9.36 Å². The molecule has 0 aliphatic rings. The van der Waals surface area contributed by atoms with Crippen molar-refractivity contribution in [3.63, 3.8) is 0 Å². The Labute approximate surface area is 231 Å². The number of unbranched alkanes of at least 4 members (excludes halogenated alkanes) is 14. The van der Waals surface area contributed by atoms with E-state index in [0.717, 1.165) is 26.4 Å². The molecule has 0 aromatic rings. The van der Waals surface area contributed by atoms with Gasteiger partial charge in [-0.05, 0) is 6.42 Å². The summed E-state index contributed by atoms with van der Waals surface area (Å²) >= 11 is 2.93. The van der Waals surface area contributed by atoms with Crippen molar-refractivity contribution in [2.24, 2.45) is 0 Å². The summed E-state index contributed by atoms with van der Waals surface area (Å²) in [6, 6.07) is 0. The van der Waals surface area contributed by atoms with Crippen molar-refractivity contribution in [2.45, 2.75) is 122 Å². The molecule has 0 heterocycles. The molecular formula is C25H51BrNO9P. The Morgan fingerprint density at radius 3 is 1.62 bits per heavy atom. The number of carbonyl (C=O) groups is 2. The Kier molecular flexibility index (Phi) is 28.2. The Hall–Kier alpha value is -0.550. The number of nitrogens with one attached hydrogen (secondary N) is 1. The first-order valence-electron chi connectivity index (χ1n) is 13.6. The second-order valence-corrected chi connectivity index (χ2v) is 11.1. The van der Waals surface area contributed by atoms with Gasteiger partial charge in [-0.3, -0.25) is 9.32 Å². The summed E-state index contributed by atoms with van der Waals surface area (Å²) in [6.07, 6.45) is 16.6. The van der Waals surface area contributed by atoms with E-state index in [9.17, 15) is 24.4 Å². The molecule has 12 heteroatoms. The van der Waals surface area contributed by atoms with Gasteiger partial charge in [0.05, 0.1) is 13.7 Å². The van der Waals surface area contributed by atoms with Crippen LogP contribution in [-0.2, 0) is 23.4 Å². The minimum atomic E-state index is -4.21. The van der Waals surface area contributed by atoms with Gasteiger partial charge in [0, 0.05) is 18.3 Å². The number of hydrogen-bond acceptors (Lipinski definition) is 7. The van der Waals surface area contributed by atoms with Gasteiger partial charge in [0.15, 0.2) is 6.10 Å². The number of aliphatic hydroxyl groups is 2. The number of rotatable bonds is 23. The molecule has 37 heavy (non-hydrogen) atoms. The summed E-state index contributed by atoms with van der Waals surface area (Å²) < 4.78 is 18.2. The van der Waals surface area contributed by atoms with Gasteiger partial charge in [0.1, 0.15) is 6.10 Å². The summed E-state index contributed by atoms with van der Waals surface area (Å²) in [7, 11) is -3.08. The average Bonchev–Trinajstić information content (AvgIpc) is 2.87. The van der Waals surface area contributed by atoms with E-state index < -0.39 is 26.0 Å². The highest BCUT2D eigenvalue weighted by Crippen LogP contribution is 2.35. The number of ether oxygens (including phenoxy) is 1. The monoisotopic (exact) mass is 619 g/mol. The number of carbonyl (C=O) groups excluding carboxylic acids is 2. The molecule has 222 valence electrons. The topological polar surface area (TPSA) is 163 Å². The predicted molar refractivity (Wildman–Crippen MR) is 148 cm³/mol. The van der Waals surface area contributed by atoms with Crippen LogP contribution < -0.4 is 5.32 Å². The fourth-order valence-corrected chi connectivity index (χ4v) is 4.25. The fraction of sp³-hybridized carbons (Fsp3) is 0.920. The molecule has 0 aromatic carbocycles. The zero-order valence-corrected chi connectivity index (χ0v) is 25.2. The predicted octanol–water partition coefficient (Wildman–Crippen LogP) is 4.75. The van der Waals surface area contributed by atoms with Crippen molar-refractivity contribution in [3.8, 4) is 0 Å². The smallest absolute Gasteiger partial charge is 0.467 e. The van der Waals surface area contributed by atoms with E-state index in [1.54, 1.807) is 0 Å². The van der Waals surface area contributed by atoms with Crippen LogP contribution in [0.4, 0.5) is 0 Å². The molecule has 0 aliphatic carbocycles. The molecule has 0 aromatic heterocycles. The Morgan fingerprint density at radius 1 is 0.838 bits per heavy atom. The lowest BCUT2D eigenvalue weighted by Gasteiger charge is -2.16. The van der Waals surface area contributed by atoms with Crippen LogP contribution in [0.2, 0.25) is 0 Å². The first-order chi connectivity index (χ1) is 17.6. The maximum absolute atomic E-state index is 11.7. The first kappa shape index (κ1) is 38.6. The average molecular weight is 621 g/mol. The minimum absolute atomic E-state index is 0.0320. The summed E-state index contributed by atoms with van der Waals surface area (Å²) in [5.41, 5.74) is 0. The highest BCUT2D eigenvalue weighted by molar-refractivity contribution is 9.09. The number of halogens is 1. The molecule has 0 aliphatic heterocycles. The summed E-state index contributed by atoms with van der Waals surface area (Å²) in [5.74, 6) is -1.08. The van der Waals surface area contributed by atoms with Gasteiger partial charge in [-0.15, -0.1) is 0 Å². The van der Waals surface area contributed by atoms with Crippen molar-refractivity contribution in [1.29, 1.82) is 0 Å². The van der Waals surface area contributed by atoms with E-state index in [-0.39, 0.29) is 19.1 Å². The normalized spacial score (nSPS) is 12.8. The number of phosphoric ester groups is 1. The highest BCUT2D eigenvalue weighted by Gasteiger charge is 2.25. The van der Waals surface area contributed by atoms with Crippen LogP contribution in [-0.4, -0.2) is 69.7 Å². The molecule has 0 bridgehead atoms. The minimum Gasteiger partial charge on any atom is -0.467 e. The zero-order valence-electron chi connectivity index (χ0n) is 22.7. The zero-order chi connectivity index (χ0) is 28.4. The van der Waals surface area contributed by atoms with Gasteiger partial charge >= 0.3 is 13.8 Å². The van der Waals surface area contributed by atoms with Crippen molar-refractivity contribution >= 4 is 35.6 Å². The lowest BCUT2D eigenvalue weighted by molar-refractivity contribution is -0.156. The third-order valence-corrected chi connectivity index (χ3v) is 6.50. The number of phosphoric acid groups is 1. The molecule has 0 radical (unpaired) electrons. The summed E-state index contributed by atoms with van der Waals surface area (Å²) in [6.45, 7) is 2.13. The van der Waals surface area contributed by atoms with E-state index in [2.05, 4.69) is 37.4 Å². The van der Waals surface area contributed by atoms with Crippen LogP contribution in [0.25, 0.3) is 0 Å². The maximum atomic E-state index is 11.7. The van der Waals surface area contributed by atoms with Crippen LogP contribution >= 0.6 is 23.8 Å². The van der Waals surface area contributed by atoms with Crippen molar-refractivity contribution in [3.05, 3.63) is 0 Å². The first-order valence-corrected chi connectivity index (χ1v) is 16.2. The van der Waals surface area contributed by atoms with E-state index in [4.69, 9.17) is 9.79 Å². The van der Waals surface area contributed by atoms with Gasteiger partial charge in [-0.2, -0.15) is 0 Å². The number of methoxy groups -OCH3 is 1. The Balaban J connectivity index is 0. The molecule has 0 saturated carbocycles. The molecule has 2 unspecified atom stereocenters. The number of aliphatic hydroxyl groups excluding tert-OH is 2. The number of hydrogen-bond donors (Lipinski definition) is 5. The Morgan fingerprint density at radius 2 is 1.27 bits per heavy atom. The maximum Gasteiger partial charge on any atom is 0.469 e. The van der Waals surface area contributed by atoms with Crippen LogP contribution in [0.1, 0.15) is 110 Å². The van der Waals surface area contributed by atoms with Gasteiger partial charge in [0.2, 0.25) is 5.91 Å². The highest BCUT2D eigenvalue weighted by atomic mass is 79.9. The third-order valence-electron chi connectivity index (χ3n) is 5.66. The van der Waals surface area contributed by atoms with Crippen LogP contribution in [0.5, 0.6) is 0 Å². The molecule has 2 atom stereocenters. The fourth-order valence-electron chi connectivity index (χ4n) is 3.51. The molecule has 5 N–H and O–H groups in total. The van der Waals surface area contributed by atoms with Gasteiger partial charge < -0.3 is 30.1 Å². The molecule has 0 fully saturated rings. The lowest BCUT2D eigenvalue weighted by Crippen LogP contribution is -2.43. The lowest BCUT2D eigenvalue weighted by atomic mass is 10.0. The molecule has 10 nitrogen and oxygen atoms in total. The van der Waals surface area contributed by atoms with Gasteiger partial charge in [0.25, 0.3) is 0 Å². The third kappa shape index (κ3) is 29.9. The quantitative estimate of drug-likeness (QED) is 0.0470. The molecule has 1 amide bonds. The standard InChI is InChI=1S/C23H45NO5.C2H6BrO4P/c1-3-4-5-6-7-8-9-10-11-12-13-14-15-16-17-18-21(26)24-19-20(25)22(27)23(28)29-2;3-1-2-7-8(4,5)6/h20,22,25,27H,3-19H2,1-2H3,(H,24,26);1-2H2,(H2,4,5,6). The number of alkyl halides is 1. The van der Waals surface area contributed by atoms with E-state index in [1.807, 2.05) is 0 Å². The largest absolute Gasteiger partial charge is 0.469 e. The second kappa shape index (κ2) is 27.0. The number of amides is 1. The second-order valence-electron chi connectivity index (χ2n) is 9.05. The number of esters is 1. The van der Waals surface area contributed by atoms with Crippen LogP contribution in [0.15, 0.2) is 0 Å². The van der Waals surface area contributed by atoms with E-state index >= 15 is 0 Å². The molecular weight excluding hydrogens is 569 g/mol. The van der Waals surface area contributed by atoms with Crippen molar-refractivity contribution < 1.29 is 43.4 Å². The van der Waals surface area contributed by atoms with E-state index in [0.29, 0.717) is 11.8 Å². The summed E-state index contributed by atoms with van der Waals surface area (Å²) in [4.78, 5) is 38.8. The molecule has 0 rings (SSSR count). The molecule has 0 saturated heterocycles. The van der Waals surface area contributed by atoms with Gasteiger partial charge in [-0.1, -0.05) is 113 Å². The van der Waals surface area contributed by atoms with Crippen LogP contribution in [0, 0.1) is 0 Å². The van der Waals surface area contributed by atoms with Crippen LogP contribution in [0.3, 0.4) is 0 Å². The summed E-state index contributed by atoms with van der Waals surface area (Å²) in [5, 5.41) is 22.0. The molecule has 0 spiro atoms.